The Morgan fingerprint density at radius 2 is 1.15 bits per heavy atom. The van der Waals surface area contributed by atoms with Crippen LogP contribution in [-0.2, 0) is 43.7 Å². The van der Waals surface area contributed by atoms with Gasteiger partial charge in [-0.1, -0.05) is 120 Å². The number of ether oxygens (including phenoxy) is 3. The van der Waals surface area contributed by atoms with Gasteiger partial charge < -0.3 is 24.6 Å². The number of phosphoric ester groups is 1. The van der Waals surface area contributed by atoms with Crippen LogP contribution < -0.4 is 5.32 Å². The van der Waals surface area contributed by atoms with Crippen LogP contribution in [0.25, 0.3) is 0 Å². The maximum absolute atomic E-state index is 14.3. The van der Waals surface area contributed by atoms with E-state index >= 15 is 0 Å². The monoisotopic (exact) mass is 973 g/mol. The summed E-state index contributed by atoms with van der Waals surface area (Å²) in [6, 6.07) is 8.09. The molecule has 1 aromatic rings. The lowest BCUT2D eigenvalue weighted by Crippen LogP contribution is -2.52. The molecular weight excluding hydrogens is 910 g/mol. The van der Waals surface area contributed by atoms with Gasteiger partial charge in [-0.15, -0.1) is 0 Å². The number of benzene rings is 1. The molecule has 1 heterocycles. The van der Waals surface area contributed by atoms with Gasteiger partial charge in [0.05, 0.1) is 44.7 Å². The highest BCUT2D eigenvalue weighted by Gasteiger charge is 2.38. The summed E-state index contributed by atoms with van der Waals surface area (Å²) in [6.07, 6.45) is 11.6. The number of carbonyl (C=O) groups is 1. The molecule has 1 aliphatic heterocycles. The number of nitrogens with one attached hydrogen (secondary N) is 1. The number of phosphoric acid groups is 1. The van der Waals surface area contributed by atoms with E-state index in [2.05, 4.69) is 154 Å². The molecule has 0 spiro atoms. The van der Waals surface area contributed by atoms with Gasteiger partial charge in [-0.3, -0.25) is 18.4 Å². The zero-order chi connectivity index (χ0) is 51.5. The average Bonchev–Trinajstić information content (AvgIpc) is 3.72. The predicted molar refractivity (Wildman–Crippen MR) is 278 cm³/mol. The zero-order valence-electron chi connectivity index (χ0n) is 42.0. The second-order valence-electron chi connectivity index (χ2n) is 16.3. The van der Waals surface area contributed by atoms with Crippen molar-refractivity contribution in [1.29, 1.82) is 0 Å². The van der Waals surface area contributed by atoms with Crippen molar-refractivity contribution in [3.63, 3.8) is 0 Å². The standard InChI is InChI=1S/C60H64NO9P/c1-7-9-11-13-15-17-19-21-22-23-24-25-26-27-28-29-30-31-33-35-37-39-44-48-58(63)61-56(59(69-53(3)4)57(62)47-43-38-36-34-32-20-18-16-14-12-10-8-2)52-68-71(64,66-49-54-45-41-40-42-46-54)67-51-55-50-65-60(5,6)70-55/h40-42,45-46,53,55-57,59,62H,8,10,12,14,16,18,20,32,34,36,38,43,47,49-52H2,1-6H3,(H,61,63)/t55-,56-,57+,59-,71?/m0/s1. The van der Waals surface area contributed by atoms with Crippen LogP contribution in [0.2, 0.25) is 0 Å². The molecule has 2 rings (SSSR count). The van der Waals surface area contributed by atoms with Gasteiger partial charge in [0.2, 0.25) is 0 Å². The molecule has 1 fully saturated rings. The fourth-order valence-electron chi connectivity index (χ4n) is 6.36. The van der Waals surface area contributed by atoms with Crippen molar-refractivity contribution >= 4 is 13.7 Å². The summed E-state index contributed by atoms with van der Waals surface area (Å²) in [4.78, 5) is 13.3. The van der Waals surface area contributed by atoms with Crippen molar-refractivity contribution in [2.75, 3.05) is 19.8 Å². The molecule has 11 heteroatoms. The van der Waals surface area contributed by atoms with E-state index in [1.807, 2.05) is 44.2 Å². The van der Waals surface area contributed by atoms with Crippen molar-refractivity contribution in [2.24, 2.45) is 0 Å². The largest absolute Gasteiger partial charge is 0.475 e. The Kier molecular flexibility index (Phi) is 33.3. The summed E-state index contributed by atoms with van der Waals surface area (Å²) in [5.41, 5.74) is 0.731. The minimum absolute atomic E-state index is 0.0910. The second kappa shape index (κ2) is 39.1. The van der Waals surface area contributed by atoms with Crippen molar-refractivity contribution in [2.45, 2.75) is 168 Å². The third-order valence-corrected chi connectivity index (χ3v) is 11.0. The molecule has 0 saturated carbocycles. The minimum Gasteiger partial charge on any atom is -0.390 e. The highest BCUT2D eigenvalue weighted by Crippen LogP contribution is 2.51. The second-order valence-corrected chi connectivity index (χ2v) is 18.0. The van der Waals surface area contributed by atoms with E-state index in [1.54, 1.807) is 20.8 Å². The van der Waals surface area contributed by atoms with Crippen molar-refractivity contribution in [3.05, 3.63) is 35.9 Å². The van der Waals surface area contributed by atoms with E-state index in [0.29, 0.717) is 6.42 Å². The van der Waals surface area contributed by atoms with Crippen molar-refractivity contribution < 1.29 is 42.2 Å². The Hall–Kier alpha value is -6.64. The third kappa shape index (κ3) is 32.7. The Morgan fingerprint density at radius 3 is 1.61 bits per heavy atom. The minimum atomic E-state index is -4.34. The van der Waals surface area contributed by atoms with Crippen LogP contribution in [0.15, 0.2) is 30.3 Å². The smallest absolute Gasteiger partial charge is 0.390 e. The van der Waals surface area contributed by atoms with Gasteiger partial charge in [0.1, 0.15) is 12.2 Å². The summed E-state index contributed by atoms with van der Waals surface area (Å²) in [5, 5.41) is 14.4. The topological polar surface area (TPSA) is 122 Å². The zero-order valence-corrected chi connectivity index (χ0v) is 42.8. The van der Waals surface area contributed by atoms with Gasteiger partial charge in [-0.2, -0.15) is 0 Å². The third-order valence-electron chi connectivity index (χ3n) is 9.62. The van der Waals surface area contributed by atoms with E-state index in [0.717, 1.165) is 31.2 Å². The number of amides is 1. The molecule has 1 aromatic carbocycles. The van der Waals surface area contributed by atoms with E-state index in [-0.39, 0.29) is 25.9 Å². The van der Waals surface area contributed by atoms with Gasteiger partial charge in [0.15, 0.2) is 5.79 Å². The molecule has 1 saturated heterocycles. The molecule has 5 atom stereocenters. The number of unbranched alkanes of at least 4 members (excludes halogenated alkanes) is 11. The molecule has 71 heavy (non-hydrogen) atoms. The number of aliphatic hydroxyl groups is 1. The molecule has 1 aliphatic rings. The molecule has 1 unspecified atom stereocenters. The number of hydrogen-bond donors (Lipinski definition) is 2. The predicted octanol–water partition coefficient (Wildman–Crippen LogP) is 8.29. The highest BCUT2D eigenvalue weighted by molar-refractivity contribution is 7.48. The lowest BCUT2D eigenvalue weighted by Gasteiger charge is -2.33. The highest BCUT2D eigenvalue weighted by atomic mass is 31.2. The SMILES string of the molecule is CC#CC#CC#CC#CC#CC#CC#CC#CC#CC#CC#CC#CC(=O)N[C@@H](COP(=O)(OCc1ccccc1)OC[C@@H]1COC(C)(C)O1)[C@H](OC(C)C)[C@H](O)CCCCCCCCCCCCCC. The summed E-state index contributed by atoms with van der Waals surface area (Å²) in [5.74, 6) is 58.9. The van der Waals surface area contributed by atoms with Crippen LogP contribution in [0.5, 0.6) is 0 Å². The Morgan fingerprint density at radius 1 is 0.690 bits per heavy atom. The van der Waals surface area contributed by atoms with Crippen molar-refractivity contribution in [3.8, 4) is 142 Å². The first-order valence-corrected chi connectivity index (χ1v) is 25.4. The summed E-state index contributed by atoms with van der Waals surface area (Å²) < 4.78 is 49.7. The van der Waals surface area contributed by atoms with E-state index in [1.165, 1.54) is 51.4 Å². The fourth-order valence-corrected chi connectivity index (χ4v) is 7.58. The first-order chi connectivity index (χ1) is 34.5. The number of hydrogen-bond acceptors (Lipinski definition) is 9. The van der Waals surface area contributed by atoms with E-state index < -0.39 is 50.5 Å². The normalized spacial score (nSPS) is 14.2. The summed E-state index contributed by atoms with van der Waals surface area (Å²) in [6.45, 7) is 10.6. The quantitative estimate of drug-likeness (QED) is 0.0510. The maximum Gasteiger partial charge on any atom is 0.475 e. The molecule has 10 nitrogen and oxygen atoms in total. The van der Waals surface area contributed by atoms with E-state index in [9.17, 15) is 14.5 Å². The number of aliphatic hydroxyl groups excluding tert-OH is 1. The average molecular weight is 974 g/mol. The Balaban J connectivity index is 2.16. The van der Waals surface area contributed by atoms with Gasteiger partial charge in [0.25, 0.3) is 5.91 Å². The number of rotatable bonds is 27. The first-order valence-electron chi connectivity index (χ1n) is 23.9. The summed E-state index contributed by atoms with van der Waals surface area (Å²) >= 11 is 0. The molecule has 2 N–H and O–H groups in total. The van der Waals surface area contributed by atoms with Gasteiger partial charge >= 0.3 is 7.82 Å². The van der Waals surface area contributed by atoms with Gasteiger partial charge in [-0.25, -0.2) is 4.57 Å². The van der Waals surface area contributed by atoms with Crippen LogP contribution in [-0.4, -0.2) is 67.1 Å². The van der Waals surface area contributed by atoms with Crippen LogP contribution in [0, 0.1) is 142 Å². The molecule has 0 aliphatic carbocycles. The van der Waals surface area contributed by atoms with Crippen LogP contribution in [0.4, 0.5) is 0 Å². The van der Waals surface area contributed by atoms with Crippen LogP contribution in [0.3, 0.4) is 0 Å². The maximum atomic E-state index is 14.3. The molecule has 368 valence electrons. The Labute approximate surface area is 425 Å². The van der Waals surface area contributed by atoms with E-state index in [4.69, 9.17) is 27.8 Å². The molecule has 0 aromatic heterocycles. The van der Waals surface area contributed by atoms with Gasteiger partial charge in [-0.05, 0) is 141 Å². The fraction of sp³-hybridized carbons (Fsp3) is 0.483. The first kappa shape index (κ1) is 60.5. The van der Waals surface area contributed by atoms with Crippen LogP contribution >= 0.6 is 7.82 Å². The lowest BCUT2D eigenvalue weighted by molar-refractivity contribution is -0.142. The molecular formula is C60H64NO9P. The summed E-state index contributed by atoms with van der Waals surface area (Å²) in [7, 11) is -4.34. The van der Waals surface area contributed by atoms with Crippen LogP contribution in [0.1, 0.15) is 131 Å². The molecule has 1 amide bonds. The number of carbonyl (C=O) groups excluding carboxylic acids is 1. The van der Waals surface area contributed by atoms with Crippen molar-refractivity contribution in [1.82, 2.24) is 5.32 Å². The Bertz CT molecular complexity index is 2670. The molecule has 0 radical (unpaired) electrons. The lowest BCUT2D eigenvalue weighted by atomic mass is 9.99. The van der Waals surface area contributed by atoms with Gasteiger partial charge in [0, 0.05) is 41.4 Å². The molecule has 0 bridgehead atoms.